The first kappa shape index (κ1) is 19.8. The quantitative estimate of drug-likeness (QED) is 0.642. The second kappa shape index (κ2) is 9.33. The maximum absolute atomic E-state index is 12.4. The summed E-state index contributed by atoms with van der Waals surface area (Å²) in [5.41, 5.74) is 2.59. The molecule has 2 aromatic carbocycles. The van der Waals surface area contributed by atoms with Crippen molar-refractivity contribution in [2.75, 3.05) is 4.90 Å². The Morgan fingerprint density at radius 2 is 1.64 bits per heavy atom. The molecule has 0 aliphatic heterocycles. The third kappa shape index (κ3) is 5.30. The number of carbonyl (C=O) groups is 1. The van der Waals surface area contributed by atoms with Crippen molar-refractivity contribution in [3.05, 3.63) is 88.7 Å². The first-order valence-electron chi connectivity index (χ1n) is 9.18. The van der Waals surface area contributed by atoms with Gasteiger partial charge in [-0.25, -0.2) is 9.97 Å². The van der Waals surface area contributed by atoms with Crippen molar-refractivity contribution in [3.63, 3.8) is 0 Å². The van der Waals surface area contributed by atoms with E-state index in [4.69, 9.17) is 11.6 Å². The lowest BCUT2D eigenvalue weighted by Crippen LogP contribution is -2.32. The first-order valence-corrected chi connectivity index (χ1v) is 9.56. The molecule has 6 heteroatoms. The topological polar surface area (TPSA) is 58.1 Å². The maximum atomic E-state index is 12.4. The number of rotatable bonds is 7. The Balaban J connectivity index is 1.65. The highest BCUT2D eigenvalue weighted by Crippen LogP contribution is 2.16. The van der Waals surface area contributed by atoms with Gasteiger partial charge in [-0.05, 0) is 37.1 Å². The Labute approximate surface area is 170 Å². The molecule has 0 spiro atoms. The fraction of sp³-hybridized carbons (Fsp3) is 0.227. The van der Waals surface area contributed by atoms with Gasteiger partial charge in [-0.2, -0.15) is 0 Å². The molecule has 3 aromatic rings. The zero-order valence-corrected chi connectivity index (χ0v) is 16.7. The number of amides is 1. The summed E-state index contributed by atoms with van der Waals surface area (Å²) >= 11 is 5.88. The molecule has 5 nitrogen and oxygen atoms in total. The van der Waals surface area contributed by atoms with E-state index in [0.29, 0.717) is 29.6 Å². The fourth-order valence-corrected chi connectivity index (χ4v) is 2.86. The highest BCUT2D eigenvalue weighted by atomic mass is 35.5. The molecule has 144 valence electrons. The van der Waals surface area contributed by atoms with Gasteiger partial charge >= 0.3 is 0 Å². The van der Waals surface area contributed by atoms with Crippen molar-refractivity contribution >= 4 is 23.5 Å². The van der Waals surface area contributed by atoms with Crippen LogP contribution in [0.2, 0.25) is 5.02 Å². The Morgan fingerprint density at radius 1 is 1.00 bits per heavy atom. The van der Waals surface area contributed by atoms with Crippen molar-refractivity contribution < 1.29 is 4.79 Å². The summed E-state index contributed by atoms with van der Waals surface area (Å²) < 4.78 is 0. The Hall–Kier alpha value is -2.92. The summed E-state index contributed by atoms with van der Waals surface area (Å²) in [4.78, 5) is 23.3. The molecule has 1 aromatic heterocycles. The molecular formula is C22H23ClN4O. The molecule has 0 radical (unpaired) electrons. The minimum absolute atomic E-state index is 0.208. The van der Waals surface area contributed by atoms with E-state index in [1.165, 1.54) is 5.56 Å². The van der Waals surface area contributed by atoms with Crippen molar-refractivity contribution in [1.29, 1.82) is 0 Å². The lowest BCUT2D eigenvalue weighted by molar-refractivity contribution is 0.0950. The van der Waals surface area contributed by atoms with Crippen LogP contribution in [0.3, 0.4) is 0 Å². The minimum atomic E-state index is -0.208. The second-order valence-corrected chi connectivity index (χ2v) is 7.22. The van der Waals surface area contributed by atoms with E-state index in [0.717, 1.165) is 5.56 Å². The van der Waals surface area contributed by atoms with Crippen LogP contribution in [0.4, 0.5) is 5.95 Å². The number of nitrogens with one attached hydrogen (secondary N) is 1. The molecular weight excluding hydrogens is 372 g/mol. The van der Waals surface area contributed by atoms with Crippen molar-refractivity contribution in [2.24, 2.45) is 0 Å². The number of halogens is 1. The standard InChI is InChI=1S/C22H23ClN4O/c1-16(2)27(15-18-6-4-3-5-7-18)22-25-13-19(14-26-22)21(28)24-12-17-8-10-20(23)11-9-17/h3-11,13-14,16H,12,15H2,1-2H3,(H,24,28). The molecule has 0 saturated carbocycles. The molecule has 0 aliphatic rings. The maximum Gasteiger partial charge on any atom is 0.254 e. The third-order valence-electron chi connectivity index (χ3n) is 4.34. The van der Waals surface area contributed by atoms with Gasteiger partial charge in [-0.3, -0.25) is 4.79 Å². The number of anilines is 1. The zero-order chi connectivity index (χ0) is 19.9. The summed E-state index contributed by atoms with van der Waals surface area (Å²) in [6.07, 6.45) is 3.14. The summed E-state index contributed by atoms with van der Waals surface area (Å²) in [5.74, 6) is 0.397. The Kier molecular flexibility index (Phi) is 6.61. The lowest BCUT2D eigenvalue weighted by atomic mass is 10.2. The van der Waals surface area contributed by atoms with E-state index < -0.39 is 0 Å². The highest BCUT2D eigenvalue weighted by Gasteiger charge is 2.15. The van der Waals surface area contributed by atoms with E-state index in [1.807, 2.05) is 30.3 Å². The largest absolute Gasteiger partial charge is 0.348 e. The molecule has 1 heterocycles. The van der Waals surface area contributed by atoms with Crippen LogP contribution in [0, 0.1) is 0 Å². The first-order chi connectivity index (χ1) is 13.5. The summed E-state index contributed by atoms with van der Waals surface area (Å²) in [7, 11) is 0. The molecule has 1 amide bonds. The normalized spacial score (nSPS) is 10.7. The predicted octanol–water partition coefficient (Wildman–Crippen LogP) is 4.48. The molecule has 0 aliphatic carbocycles. The molecule has 0 bridgehead atoms. The predicted molar refractivity (Wildman–Crippen MR) is 112 cm³/mol. The number of hydrogen-bond donors (Lipinski definition) is 1. The number of aromatic nitrogens is 2. The van der Waals surface area contributed by atoms with Crippen molar-refractivity contribution in [2.45, 2.75) is 33.0 Å². The van der Waals surface area contributed by atoms with Crippen LogP contribution >= 0.6 is 11.6 Å². The van der Waals surface area contributed by atoms with Gasteiger partial charge < -0.3 is 10.2 Å². The van der Waals surface area contributed by atoms with Crippen molar-refractivity contribution in [3.8, 4) is 0 Å². The summed E-state index contributed by atoms with van der Waals surface area (Å²) in [6.45, 7) is 5.32. The van der Waals surface area contributed by atoms with Crippen LogP contribution in [-0.2, 0) is 13.1 Å². The number of hydrogen-bond acceptors (Lipinski definition) is 4. The van der Waals surface area contributed by atoms with Crippen molar-refractivity contribution in [1.82, 2.24) is 15.3 Å². The highest BCUT2D eigenvalue weighted by molar-refractivity contribution is 6.30. The Morgan fingerprint density at radius 3 is 2.25 bits per heavy atom. The van der Waals surface area contributed by atoms with Gasteiger partial charge in [0.2, 0.25) is 5.95 Å². The van der Waals surface area contributed by atoms with Crippen LogP contribution in [0.5, 0.6) is 0 Å². The zero-order valence-electron chi connectivity index (χ0n) is 16.0. The third-order valence-corrected chi connectivity index (χ3v) is 4.59. The van der Waals surface area contributed by atoms with Crippen LogP contribution in [0.15, 0.2) is 67.0 Å². The van der Waals surface area contributed by atoms with Crippen LogP contribution in [0.1, 0.15) is 35.3 Å². The average Bonchev–Trinajstić information content (AvgIpc) is 2.72. The minimum Gasteiger partial charge on any atom is -0.348 e. The van der Waals surface area contributed by atoms with Crippen LogP contribution in [0.25, 0.3) is 0 Å². The monoisotopic (exact) mass is 394 g/mol. The summed E-state index contributed by atoms with van der Waals surface area (Å²) in [6, 6.07) is 17.8. The average molecular weight is 395 g/mol. The van der Waals surface area contributed by atoms with E-state index >= 15 is 0 Å². The fourth-order valence-electron chi connectivity index (χ4n) is 2.74. The summed E-state index contributed by atoms with van der Waals surface area (Å²) in [5, 5.41) is 3.54. The molecule has 0 fully saturated rings. The Bertz CT molecular complexity index is 896. The molecule has 3 rings (SSSR count). The van der Waals surface area contributed by atoms with E-state index in [2.05, 4.69) is 46.2 Å². The van der Waals surface area contributed by atoms with Gasteiger partial charge in [-0.1, -0.05) is 54.1 Å². The molecule has 28 heavy (non-hydrogen) atoms. The number of carbonyl (C=O) groups excluding carboxylic acids is 1. The van der Waals surface area contributed by atoms with Gasteiger partial charge in [0.25, 0.3) is 5.91 Å². The molecule has 0 saturated heterocycles. The molecule has 0 atom stereocenters. The van der Waals surface area contributed by atoms with Gasteiger partial charge in [0.05, 0.1) is 5.56 Å². The molecule has 1 N–H and O–H groups in total. The molecule has 0 unspecified atom stereocenters. The second-order valence-electron chi connectivity index (χ2n) is 6.79. The van der Waals surface area contributed by atoms with E-state index in [1.54, 1.807) is 24.5 Å². The SMILES string of the molecule is CC(C)N(Cc1ccccc1)c1ncc(C(=O)NCc2ccc(Cl)cc2)cn1. The van der Waals surface area contributed by atoms with E-state index in [9.17, 15) is 4.79 Å². The van der Waals surface area contributed by atoms with Gasteiger partial charge in [-0.15, -0.1) is 0 Å². The van der Waals surface area contributed by atoms with Crippen LogP contribution in [-0.4, -0.2) is 21.9 Å². The lowest BCUT2D eigenvalue weighted by Gasteiger charge is -2.26. The number of benzene rings is 2. The van der Waals surface area contributed by atoms with Gasteiger partial charge in [0, 0.05) is 36.5 Å². The number of nitrogens with zero attached hydrogens (tertiary/aromatic N) is 3. The van der Waals surface area contributed by atoms with Gasteiger partial charge in [0.15, 0.2) is 0 Å². The smallest absolute Gasteiger partial charge is 0.254 e. The van der Waals surface area contributed by atoms with Gasteiger partial charge in [0.1, 0.15) is 0 Å². The van der Waals surface area contributed by atoms with Crippen LogP contribution < -0.4 is 10.2 Å². The van der Waals surface area contributed by atoms with E-state index in [-0.39, 0.29) is 11.9 Å².